The predicted octanol–water partition coefficient (Wildman–Crippen LogP) is 1.54. The largest absolute Gasteiger partial charge is 0.382 e. The molecular formula is C11H18ClN3O2. The summed E-state index contributed by atoms with van der Waals surface area (Å²) in [7, 11) is 1.71. The van der Waals surface area contributed by atoms with E-state index >= 15 is 0 Å². The molecule has 0 spiro atoms. The molecule has 1 N–H and O–H groups in total. The van der Waals surface area contributed by atoms with Crippen LogP contribution in [0.25, 0.3) is 0 Å². The first-order chi connectivity index (χ1) is 8.07. The van der Waals surface area contributed by atoms with Crippen molar-refractivity contribution >= 4 is 17.5 Å². The van der Waals surface area contributed by atoms with Gasteiger partial charge in [-0.15, -0.1) is 0 Å². The molecule has 0 aliphatic heterocycles. The Morgan fingerprint density at radius 3 is 2.82 bits per heavy atom. The molecule has 0 atom stereocenters. The molecule has 1 aromatic heterocycles. The predicted molar refractivity (Wildman–Crippen MR) is 66.4 cm³/mol. The van der Waals surface area contributed by atoms with E-state index in [1.807, 2.05) is 6.92 Å². The van der Waals surface area contributed by atoms with Crippen LogP contribution in [0.1, 0.15) is 29.4 Å². The van der Waals surface area contributed by atoms with Crippen molar-refractivity contribution in [3.63, 3.8) is 0 Å². The van der Waals surface area contributed by atoms with Crippen LogP contribution in [0.4, 0.5) is 0 Å². The average Bonchev–Trinajstić information content (AvgIpc) is 2.53. The second-order valence-corrected chi connectivity index (χ2v) is 4.04. The SMILES string of the molecule is CCOCCCNC(=O)c1c(C)nn(C)c1Cl. The van der Waals surface area contributed by atoms with Crippen molar-refractivity contribution in [1.82, 2.24) is 15.1 Å². The first-order valence-electron chi connectivity index (χ1n) is 5.63. The molecule has 1 aromatic rings. The van der Waals surface area contributed by atoms with Gasteiger partial charge in [-0.05, 0) is 20.3 Å². The molecule has 0 saturated carbocycles. The number of carbonyl (C=O) groups is 1. The number of amides is 1. The highest BCUT2D eigenvalue weighted by atomic mass is 35.5. The average molecular weight is 260 g/mol. The van der Waals surface area contributed by atoms with Gasteiger partial charge in [0.25, 0.3) is 5.91 Å². The fraction of sp³-hybridized carbons (Fsp3) is 0.636. The smallest absolute Gasteiger partial charge is 0.256 e. The molecule has 1 amide bonds. The molecule has 0 aliphatic carbocycles. The van der Waals surface area contributed by atoms with E-state index < -0.39 is 0 Å². The van der Waals surface area contributed by atoms with E-state index in [0.29, 0.717) is 36.2 Å². The minimum atomic E-state index is -0.183. The van der Waals surface area contributed by atoms with Crippen LogP contribution in [0.15, 0.2) is 0 Å². The number of nitrogens with one attached hydrogen (secondary N) is 1. The summed E-state index contributed by atoms with van der Waals surface area (Å²) in [5.41, 5.74) is 1.09. The Kier molecular flexibility index (Phi) is 5.44. The maximum atomic E-state index is 11.8. The zero-order chi connectivity index (χ0) is 12.8. The monoisotopic (exact) mass is 259 g/mol. The third kappa shape index (κ3) is 3.71. The van der Waals surface area contributed by atoms with Crippen molar-refractivity contribution in [1.29, 1.82) is 0 Å². The molecule has 0 radical (unpaired) electrons. The van der Waals surface area contributed by atoms with Crippen molar-refractivity contribution in [2.75, 3.05) is 19.8 Å². The van der Waals surface area contributed by atoms with Gasteiger partial charge in [-0.25, -0.2) is 0 Å². The lowest BCUT2D eigenvalue weighted by Crippen LogP contribution is -2.25. The molecule has 1 rings (SSSR count). The van der Waals surface area contributed by atoms with Crippen molar-refractivity contribution in [2.45, 2.75) is 20.3 Å². The van der Waals surface area contributed by atoms with Crippen molar-refractivity contribution in [3.8, 4) is 0 Å². The van der Waals surface area contributed by atoms with Crippen molar-refractivity contribution < 1.29 is 9.53 Å². The normalized spacial score (nSPS) is 10.6. The first-order valence-corrected chi connectivity index (χ1v) is 6.00. The Balaban J connectivity index is 2.47. The summed E-state index contributed by atoms with van der Waals surface area (Å²) in [6, 6.07) is 0. The molecule has 17 heavy (non-hydrogen) atoms. The quantitative estimate of drug-likeness (QED) is 0.789. The molecule has 0 unspecified atom stereocenters. The lowest BCUT2D eigenvalue weighted by atomic mass is 10.2. The van der Waals surface area contributed by atoms with Crippen LogP contribution < -0.4 is 5.32 Å². The summed E-state index contributed by atoms with van der Waals surface area (Å²) in [5.74, 6) is -0.183. The molecule has 0 aromatic carbocycles. The zero-order valence-electron chi connectivity index (χ0n) is 10.4. The van der Waals surface area contributed by atoms with E-state index in [4.69, 9.17) is 16.3 Å². The van der Waals surface area contributed by atoms with Crippen LogP contribution in [0.5, 0.6) is 0 Å². The number of hydrogen-bond donors (Lipinski definition) is 1. The van der Waals surface area contributed by atoms with Gasteiger partial charge in [0, 0.05) is 26.8 Å². The van der Waals surface area contributed by atoms with Crippen LogP contribution in [0.3, 0.4) is 0 Å². The fourth-order valence-corrected chi connectivity index (χ4v) is 1.76. The number of aromatic nitrogens is 2. The lowest BCUT2D eigenvalue weighted by molar-refractivity contribution is 0.0944. The lowest BCUT2D eigenvalue weighted by Gasteiger charge is -2.05. The van der Waals surface area contributed by atoms with Crippen LogP contribution in [0.2, 0.25) is 5.15 Å². The molecule has 0 fully saturated rings. The van der Waals surface area contributed by atoms with E-state index in [2.05, 4.69) is 10.4 Å². The third-order valence-electron chi connectivity index (χ3n) is 2.33. The number of ether oxygens (including phenoxy) is 1. The number of carbonyl (C=O) groups excluding carboxylic acids is 1. The van der Waals surface area contributed by atoms with E-state index in [1.54, 1.807) is 14.0 Å². The van der Waals surface area contributed by atoms with Gasteiger partial charge in [0.1, 0.15) is 5.15 Å². The Labute approximate surface area is 106 Å². The second-order valence-electron chi connectivity index (χ2n) is 3.68. The number of hydrogen-bond acceptors (Lipinski definition) is 3. The maximum Gasteiger partial charge on any atom is 0.256 e. The number of rotatable bonds is 6. The van der Waals surface area contributed by atoms with Gasteiger partial charge in [-0.3, -0.25) is 9.48 Å². The highest BCUT2D eigenvalue weighted by Crippen LogP contribution is 2.17. The Morgan fingerprint density at radius 2 is 2.29 bits per heavy atom. The Hall–Kier alpha value is -1.07. The van der Waals surface area contributed by atoms with E-state index in [1.165, 1.54) is 4.68 Å². The molecule has 0 saturated heterocycles. The van der Waals surface area contributed by atoms with Crippen LogP contribution in [-0.2, 0) is 11.8 Å². The minimum Gasteiger partial charge on any atom is -0.382 e. The highest BCUT2D eigenvalue weighted by Gasteiger charge is 2.18. The summed E-state index contributed by atoms with van der Waals surface area (Å²) in [5, 5.41) is 7.25. The number of halogens is 1. The Bertz CT molecular complexity index is 390. The molecule has 6 heteroatoms. The van der Waals surface area contributed by atoms with Gasteiger partial charge in [-0.1, -0.05) is 11.6 Å². The second kappa shape index (κ2) is 6.61. The first kappa shape index (κ1) is 14.0. The van der Waals surface area contributed by atoms with Gasteiger partial charge in [0.05, 0.1) is 11.3 Å². The summed E-state index contributed by atoms with van der Waals surface area (Å²) in [6.07, 6.45) is 0.788. The highest BCUT2D eigenvalue weighted by molar-refractivity contribution is 6.33. The summed E-state index contributed by atoms with van der Waals surface area (Å²) >= 11 is 5.99. The molecule has 5 nitrogen and oxygen atoms in total. The summed E-state index contributed by atoms with van der Waals surface area (Å²) < 4.78 is 6.67. The van der Waals surface area contributed by atoms with Crippen LogP contribution >= 0.6 is 11.6 Å². The summed E-state index contributed by atoms with van der Waals surface area (Å²) in [4.78, 5) is 11.8. The van der Waals surface area contributed by atoms with Gasteiger partial charge in [-0.2, -0.15) is 5.10 Å². The van der Waals surface area contributed by atoms with Gasteiger partial charge in [0.15, 0.2) is 0 Å². The van der Waals surface area contributed by atoms with E-state index in [0.717, 1.165) is 6.42 Å². The van der Waals surface area contributed by atoms with Gasteiger partial charge in [0.2, 0.25) is 0 Å². The van der Waals surface area contributed by atoms with Crippen molar-refractivity contribution in [3.05, 3.63) is 16.4 Å². The van der Waals surface area contributed by atoms with E-state index in [9.17, 15) is 4.79 Å². The molecule has 96 valence electrons. The van der Waals surface area contributed by atoms with E-state index in [-0.39, 0.29) is 5.91 Å². The topological polar surface area (TPSA) is 56.1 Å². The maximum absolute atomic E-state index is 11.8. The van der Waals surface area contributed by atoms with Crippen molar-refractivity contribution in [2.24, 2.45) is 7.05 Å². The third-order valence-corrected chi connectivity index (χ3v) is 2.77. The minimum absolute atomic E-state index is 0.183. The summed E-state index contributed by atoms with van der Waals surface area (Å²) in [6.45, 7) is 5.62. The fourth-order valence-electron chi connectivity index (χ4n) is 1.50. The van der Waals surface area contributed by atoms with Crippen LogP contribution in [-0.4, -0.2) is 35.4 Å². The van der Waals surface area contributed by atoms with Crippen LogP contribution in [0, 0.1) is 6.92 Å². The Morgan fingerprint density at radius 1 is 1.59 bits per heavy atom. The van der Waals surface area contributed by atoms with Gasteiger partial charge < -0.3 is 10.1 Å². The molecule has 0 aliphatic rings. The number of nitrogens with zero attached hydrogens (tertiary/aromatic N) is 2. The standard InChI is InChI=1S/C11H18ClN3O2/c1-4-17-7-5-6-13-11(16)9-8(2)14-15(3)10(9)12/h4-7H2,1-3H3,(H,13,16). The molecular weight excluding hydrogens is 242 g/mol. The number of aryl methyl sites for hydroxylation is 2. The van der Waals surface area contributed by atoms with Gasteiger partial charge >= 0.3 is 0 Å². The molecule has 1 heterocycles. The zero-order valence-corrected chi connectivity index (χ0v) is 11.2. The molecule has 0 bridgehead atoms.